The Labute approximate surface area is 140 Å². The van der Waals surface area contributed by atoms with Crippen LogP contribution in [0.4, 0.5) is 0 Å². The molecule has 0 saturated carbocycles. The zero-order valence-corrected chi connectivity index (χ0v) is 13.8. The van der Waals surface area contributed by atoms with Crippen LogP contribution in [0.15, 0.2) is 30.9 Å². The van der Waals surface area contributed by atoms with E-state index < -0.39 is 24.0 Å². The maximum atomic E-state index is 12.0. The number of hydrogen-bond donors (Lipinski definition) is 2. The summed E-state index contributed by atoms with van der Waals surface area (Å²) in [5, 5.41) is 12.1. The fraction of sp³-hybridized carbons (Fsp3) is 0.375. The topological polar surface area (TPSA) is 84.9 Å². The summed E-state index contributed by atoms with van der Waals surface area (Å²) in [6, 6.07) is 3.86. The van der Waals surface area contributed by atoms with Gasteiger partial charge in [-0.15, -0.1) is 6.58 Å². The Balaban J connectivity index is 2.61. The Morgan fingerprint density at radius 1 is 1.48 bits per heavy atom. The Hall–Kier alpha value is -2.05. The highest BCUT2D eigenvalue weighted by molar-refractivity contribution is 6.31. The van der Waals surface area contributed by atoms with Crippen LogP contribution in [-0.2, 0) is 14.3 Å². The summed E-state index contributed by atoms with van der Waals surface area (Å²) in [6.07, 6.45) is 0.631. The molecule has 0 spiro atoms. The number of carboxylic acid groups (broad SMARTS) is 1. The van der Waals surface area contributed by atoms with Crippen molar-refractivity contribution < 1.29 is 24.2 Å². The van der Waals surface area contributed by atoms with Crippen LogP contribution in [0.1, 0.15) is 12.5 Å². The van der Waals surface area contributed by atoms with Crippen LogP contribution in [0.5, 0.6) is 5.75 Å². The summed E-state index contributed by atoms with van der Waals surface area (Å²) >= 11 is 5.92. The number of aliphatic carboxylic acids is 1. The molecular weight excluding hydrogens is 322 g/mol. The zero-order chi connectivity index (χ0) is 17.4. The molecule has 7 heteroatoms. The lowest BCUT2D eigenvalue weighted by Crippen LogP contribution is -2.48. The Bertz CT molecular complexity index is 576. The Kier molecular flexibility index (Phi) is 7.57. The van der Waals surface area contributed by atoms with E-state index in [4.69, 9.17) is 26.2 Å². The molecule has 0 radical (unpaired) electrons. The van der Waals surface area contributed by atoms with E-state index in [-0.39, 0.29) is 13.2 Å². The maximum Gasteiger partial charge on any atom is 0.328 e. The minimum atomic E-state index is -1.18. The number of nitrogens with one attached hydrogen (secondary N) is 1. The van der Waals surface area contributed by atoms with E-state index in [0.717, 1.165) is 5.56 Å². The number of carbonyl (C=O) groups is 2. The molecule has 0 aliphatic carbocycles. The molecule has 1 aromatic rings. The predicted molar refractivity (Wildman–Crippen MR) is 86.9 cm³/mol. The van der Waals surface area contributed by atoms with Gasteiger partial charge in [0.15, 0.2) is 12.1 Å². The van der Waals surface area contributed by atoms with Crippen LogP contribution in [0.2, 0.25) is 5.02 Å². The van der Waals surface area contributed by atoms with Gasteiger partial charge in [0, 0.05) is 5.02 Å². The lowest BCUT2D eigenvalue weighted by Gasteiger charge is -2.19. The first-order valence-electron chi connectivity index (χ1n) is 6.99. The van der Waals surface area contributed by atoms with Gasteiger partial charge in [0.25, 0.3) is 5.91 Å². The highest BCUT2D eigenvalue weighted by Gasteiger charge is 2.24. The summed E-state index contributed by atoms with van der Waals surface area (Å²) in [7, 11) is 0. The van der Waals surface area contributed by atoms with Crippen molar-refractivity contribution in [1.82, 2.24) is 5.32 Å². The molecule has 2 unspecified atom stereocenters. The number of rotatable bonds is 9. The number of carbonyl (C=O) groups excluding carboxylic acids is 1. The summed E-state index contributed by atoms with van der Waals surface area (Å²) in [6.45, 7) is 6.86. The van der Waals surface area contributed by atoms with E-state index in [1.54, 1.807) is 18.2 Å². The van der Waals surface area contributed by atoms with Crippen LogP contribution in [0, 0.1) is 6.92 Å². The Morgan fingerprint density at radius 2 is 2.17 bits per heavy atom. The molecule has 0 aromatic heterocycles. The summed E-state index contributed by atoms with van der Waals surface area (Å²) in [5.41, 5.74) is 0.818. The second-order valence-corrected chi connectivity index (χ2v) is 5.30. The molecule has 1 rings (SSSR count). The van der Waals surface area contributed by atoms with E-state index in [1.165, 1.54) is 13.0 Å². The van der Waals surface area contributed by atoms with Crippen molar-refractivity contribution in [2.45, 2.75) is 26.0 Å². The third kappa shape index (κ3) is 6.30. The van der Waals surface area contributed by atoms with Crippen molar-refractivity contribution in [3.63, 3.8) is 0 Å². The number of ether oxygens (including phenoxy) is 2. The highest BCUT2D eigenvalue weighted by Crippen LogP contribution is 2.21. The van der Waals surface area contributed by atoms with Gasteiger partial charge in [0.1, 0.15) is 5.75 Å². The van der Waals surface area contributed by atoms with Crippen molar-refractivity contribution in [2.75, 3.05) is 13.2 Å². The van der Waals surface area contributed by atoms with Crippen molar-refractivity contribution >= 4 is 23.5 Å². The minimum absolute atomic E-state index is 0.153. The van der Waals surface area contributed by atoms with Crippen LogP contribution in [-0.4, -0.2) is 42.3 Å². The van der Waals surface area contributed by atoms with E-state index in [0.29, 0.717) is 10.8 Å². The Morgan fingerprint density at radius 3 is 2.74 bits per heavy atom. The largest absolute Gasteiger partial charge is 0.481 e. The van der Waals surface area contributed by atoms with Crippen molar-refractivity contribution in [3.05, 3.63) is 41.4 Å². The van der Waals surface area contributed by atoms with Gasteiger partial charge in [-0.1, -0.05) is 17.7 Å². The summed E-state index contributed by atoms with van der Waals surface area (Å²) < 4.78 is 10.6. The van der Waals surface area contributed by atoms with Gasteiger partial charge in [0.2, 0.25) is 0 Å². The number of amides is 1. The molecule has 0 aliphatic rings. The van der Waals surface area contributed by atoms with E-state index in [9.17, 15) is 9.59 Å². The molecule has 0 saturated heterocycles. The third-order valence-electron chi connectivity index (χ3n) is 2.95. The first-order valence-corrected chi connectivity index (χ1v) is 7.37. The standard InChI is InChI=1S/C16H20ClNO5/c1-4-7-22-9-14(16(20)21)18-15(19)11(3)23-12-5-6-13(17)10(2)8-12/h4-6,8,11,14H,1,7,9H2,2-3H3,(H,18,19)(H,20,21). The van der Waals surface area contributed by atoms with Gasteiger partial charge < -0.3 is 19.9 Å². The third-order valence-corrected chi connectivity index (χ3v) is 3.37. The monoisotopic (exact) mass is 341 g/mol. The fourth-order valence-electron chi connectivity index (χ4n) is 1.68. The predicted octanol–water partition coefficient (Wildman–Crippen LogP) is 2.19. The first kappa shape index (κ1) is 19.0. The molecule has 1 amide bonds. The first-order chi connectivity index (χ1) is 10.8. The quantitative estimate of drug-likeness (QED) is 0.531. The van der Waals surface area contributed by atoms with E-state index in [1.807, 2.05) is 6.92 Å². The molecule has 0 fully saturated rings. The molecule has 23 heavy (non-hydrogen) atoms. The van der Waals surface area contributed by atoms with Crippen molar-refractivity contribution in [2.24, 2.45) is 0 Å². The normalized spacial score (nSPS) is 13.0. The van der Waals surface area contributed by atoms with Gasteiger partial charge in [-0.2, -0.15) is 0 Å². The van der Waals surface area contributed by atoms with Gasteiger partial charge in [-0.3, -0.25) is 4.79 Å². The fourth-order valence-corrected chi connectivity index (χ4v) is 1.80. The molecule has 1 aromatic carbocycles. The van der Waals surface area contributed by atoms with Crippen LogP contribution < -0.4 is 10.1 Å². The van der Waals surface area contributed by atoms with Crippen LogP contribution in [0.25, 0.3) is 0 Å². The average molecular weight is 342 g/mol. The lowest BCUT2D eigenvalue weighted by atomic mass is 10.2. The maximum absolute atomic E-state index is 12.0. The molecule has 126 valence electrons. The molecule has 0 aliphatic heterocycles. The number of carboxylic acids is 1. The van der Waals surface area contributed by atoms with Gasteiger partial charge in [0.05, 0.1) is 13.2 Å². The number of aryl methyl sites for hydroxylation is 1. The van der Waals surface area contributed by atoms with Crippen LogP contribution in [0.3, 0.4) is 0 Å². The second-order valence-electron chi connectivity index (χ2n) is 4.90. The van der Waals surface area contributed by atoms with Gasteiger partial charge >= 0.3 is 5.97 Å². The zero-order valence-electron chi connectivity index (χ0n) is 13.0. The average Bonchev–Trinajstić information content (AvgIpc) is 2.49. The SMILES string of the molecule is C=CCOCC(NC(=O)C(C)Oc1ccc(Cl)c(C)c1)C(=O)O. The second kappa shape index (κ2) is 9.17. The molecular formula is C16H20ClNO5. The summed E-state index contributed by atoms with van der Waals surface area (Å²) in [4.78, 5) is 23.2. The lowest BCUT2D eigenvalue weighted by molar-refractivity contribution is -0.144. The molecule has 6 nitrogen and oxygen atoms in total. The van der Waals surface area contributed by atoms with Crippen molar-refractivity contribution in [3.8, 4) is 5.75 Å². The molecule has 0 bridgehead atoms. The van der Waals surface area contributed by atoms with Crippen molar-refractivity contribution in [1.29, 1.82) is 0 Å². The smallest absolute Gasteiger partial charge is 0.328 e. The molecule has 2 N–H and O–H groups in total. The molecule has 0 heterocycles. The number of hydrogen-bond acceptors (Lipinski definition) is 4. The minimum Gasteiger partial charge on any atom is -0.481 e. The van der Waals surface area contributed by atoms with Gasteiger partial charge in [-0.25, -0.2) is 4.79 Å². The van der Waals surface area contributed by atoms with Gasteiger partial charge in [-0.05, 0) is 37.6 Å². The van der Waals surface area contributed by atoms with E-state index in [2.05, 4.69) is 11.9 Å². The number of halogens is 1. The molecule has 2 atom stereocenters. The highest BCUT2D eigenvalue weighted by atomic mass is 35.5. The van der Waals surface area contributed by atoms with Crippen LogP contribution >= 0.6 is 11.6 Å². The summed E-state index contributed by atoms with van der Waals surface area (Å²) in [5.74, 6) is -1.26. The number of benzene rings is 1. The van der Waals surface area contributed by atoms with E-state index >= 15 is 0 Å².